The molecular formula is C44H89NO8P+. The highest BCUT2D eigenvalue weighted by Crippen LogP contribution is 2.43. The van der Waals surface area contributed by atoms with Crippen LogP contribution in [0.3, 0.4) is 0 Å². The van der Waals surface area contributed by atoms with Crippen molar-refractivity contribution in [1.29, 1.82) is 0 Å². The molecule has 322 valence electrons. The zero-order valence-corrected chi connectivity index (χ0v) is 37.1. The van der Waals surface area contributed by atoms with Crippen molar-refractivity contribution in [2.24, 2.45) is 0 Å². The zero-order valence-electron chi connectivity index (χ0n) is 36.2. The summed E-state index contributed by atoms with van der Waals surface area (Å²) in [5.74, 6) is -0.318. The molecule has 0 aromatic heterocycles. The number of nitrogens with zero attached hydrogens (tertiary/aromatic N) is 1. The van der Waals surface area contributed by atoms with E-state index in [2.05, 4.69) is 13.8 Å². The van der Waals surface area contributed by atoms with E-state index >= 15 is 0 Å². The Kier molecular flexibility index (Phi) is 32.9. The van der Waals surface area contributed by atoms with Crippen LogP contribution in [-0.4, -0.2) is 87.8 Å². The summed E-state index contributed by atoms with van der Waals surface area (Å²) in [6.45, 7) is 5.64. The number of rotatable bonds is 42. The molecule has 0 aromatic carbocycles. The molecule has 1 aliphatic rings. The highest BCUT2D eigenvalue weighted by molar-refractivity contribution is 7.47. The number of unbranched alkanes of at least 4 members (excludes halogenated alkanes) is 24. The predicted octanol–water partition coefficient (Wildman–Crippen LogP) is 12.3. The summed E-state index contributed by atoms with van der Waals surface area (Å²) in [5.41, 5.74) is 0. The van der Waals surface area contributed by atoms with Gasteiger partial charge in [0, 0.05) is 13.0 Å². The second-order valence-corrected chi connectivity index (χ2v) is 18.6. The van der Waals surface area contributed by atoms with Crippen molar-refractivity contribution in [2.45, 2.75) is 225 Å². The van der Waals surface area contributed by atoms with Gasteiger partial charge >= 0.3 is 13.8 Å². The lowest BCUT2D eigenvalue weighted by Gasteiger charge is -2.24. The molecule has 54 heavy (non-hydrogen) atoms. The quantitative estimate of drug-likeness (QED) is 0.0214. The molecule has 1 heterocycles. The fraction of sp³-hybridized carbons (Fsp3) is 0.977. The van der Waals surface area contributed by atoms with Crippen LogP contribution in [0.15, 0.2) is 0 Å². The van der Waals surface area contributed by atoms with Gasteiger partial charge in [-0.3, -0.25) is 13.8 Å². The van der Waals surface area contributed by atoms with Gasteiger partial charge in [-0.25, -0.2) is 4.57 Å². The van der Waals surface area contributed by atoms with Gasteiger partial charge < -0.3 is 23.6 Å². The number of epoxide rings is 1. The summed E-state index contributed by atoms with van der Waals surface area (Å²) in [7, 11) is 1.67. The maximum Gasteiger partial charge on any atom is 0.472 e. The van der Waals surface area contributed by atoms with Gasteiger partial charge in [-0.2, -0.15) is 0 Å². The maximum atomic E-state index is 12.7. The highest BCUT2D eigenvalue weighted by atomic mass is 31.2. The van der Waals surface area contributed by atoms with Gasteiger partial charge in [0.2, 0.25) is 0 Å². The molecule has 0 spiro atoms. The molecule has 1 N–H and O–H groups in total. The van der Waals surface area contributed by atoms with Crippen LogP contribution in [0.1, 0.15) is 206 Å². The molecule has 4 atom stereocenters. The van der Waals surface area contributed by atoms with E-state index in [-0.39, 0.29) is 25.8 Å². The molecule has 1 fully saturated rings. The Hall–Kier alpha value is -0.540. The predicted molar refractivity (Wildman–Crippen MR) is 224 cm³/mol. The van der Waals surface area contributed by atoms with Crippen molar-refractivity contribution in [1.82, 2.24) is 0 Å². The number of phosphoric ester groups is 1. The van der Waals surface area contributed by atoms with Gasteiger partial charge in [-0.15, -0.1) is 0 Å². The molecule has 1 aliphatic heterocycles. The molecule has 0 bridgehead atoms. The number of hydrogen-bond acceptors (Lipinski definition) is 7. The topological polar surface area (TPSA) is 104 Å². The summed E-state index contributed by atoms with van der Waals surface area (Å²) < 4.78 is 40.9. The van der Waals surface area contributed by atoms with Crippen LogP contribution in [0.2, 0.25) is 0 Å². The number of ether oxygens (including phenoxy) is 3. The zero-order chi connectivity index (χ0) is 39.6. The van der Waals surface area contributed by atoms with E-state index in [1.165, 1.54) is 154 Å². The Morgan fingerprint density at radius 3 is 1.50 bits per heavy atom. The molecule has 0 radical (unpaired) electrons. The van der Waals surface area contributed by atoms with E-state index in [0.717, 1.165) is 32.1 Å². The number of quaternary nitrogens is 1. The standard InChI is InChI=1S/C44H88NO8P/c1-6-8-10-12-13-14-15-16-17-18-19-20-21-25-28-32-37-49-39-41(40-51-54(47,48)50-38-36-45(3,4)5)52-44(46)35-31-27-24-22-23-26-30-34-43-42(53-43)33-29-11-9-7-2/h41-43H,6-40H2,1-5H3/p+1. The minimum atomic E-state index is -4.27. The molecule has 9 nitrogen and oxygen atoms in total. The van der Waals surface area contributed by atoms with E-state index in [0.29, 0.717) is 36.3 Å². The molecule has 0 saturated carbocycles. The van der Waals surface area contributed by atoms with Crippen molar-refractivity contribution in [3.05, 3.63) is 0 Å². The van der Waals surface area contributed by atoms with Crippen LogP contribution in [0.4, 0.5) is 0 Å². The first-order valence-corrected chi connectivity index (χ1v) is 24.4. The fourth-order valence-electron chi connectivity index (χ4n) is 6.93. The Bertz CT molecular complexity index is 900. The molecular weight excluding hydrogens is 701 g/mol. The van der Waals surface area contributed by atoms with Crippen molar-refractivity contribution in [3.63, 3.8) is 0 Å². The Labute approximate surface area is 333 Å². The van der Waals surface area contributed by atoms with Gasteiger partial charge in [0.25, 0.3) is 0 Å². The number of carbonyl (C=O) groups is 1. The first-order valence-electron chi connectivity index (χ1n) is 22.9. The molecule has 0 aliphatic carbocycles. The lowest BCUT2D eigenvalue weighted by molar-refractivity contribution is -0.870. The molecule has 1 saturated heterocycles. The molecule has 0 aromatic rings. The molecule has 1 rings (SSSR count). The van der Waals surface area contributed by atoms with Crippen LogP contribution in [0.25, 0.3) is 0 Å². The monoisotopic (exact) mass is 791 g/mol. The Morgan fingerprint density at radius 1 is 0.593 bits per heavy atom. The van der Waals surface area contributed by atoms with Gasteiger partial charge in [-0.1, -0.05) is 174 Å². The van der Waals surface area contributed by atoms with Crippen molar-refractivity contribution in [3.8, 4) is 0 Å². The highest BCUT2D eigenvalue weighted by Gasteiger charge is 2.36. The SMILES string of the molecule is CCCCCCCCCCCCCCCCCCOCC(COP(=O)(O)OCC[N+](C)(C)C)OC(=O)CCCCCCCCCC1OC1CCCCCC. The normalized spacial score (nSPS) is 17.4. The number of phosphoric acid groups is 1. The van der Waals surface area contributed by atoms with Gasteiger partial charge in [0.1, 0.15) is 19.3 Å². The van der Waals surface area contributed by atoms with Crippen molar-refractivity contribution < 1.29 is 42.0 Å². The van der Waals surface area contributed by atoms with Crippen LogP contribution < -0.4 is 0 Å². The number of hydrogen-bond donors (Lipinski definition) is 1. The first kappa shape index (κ1) is 51.5. The summed E-state index contributed by atoms with van der Waals surface area (Å²) in [4.78, 5) is 22.9. The molecule has 4 unspecified atom stereocenters. The fourth-order valence-corrected chi connectivity index (χ4v) is 7.67. The van der Waals surface area contributed by atoms with Gasteiger partial charge in [-0.05, 0) is 25.7 Å². The largest absolute Gasteiger partial charge is 0.472 e. The third-order valence-electron chi connectivity index (χ3n) is 10.6. The number of esters is 1. The summed E-state index contributed by atoms with van der Waals surface area (Å²) >= 11 is 0. The van der Waals surface area contributed by atoms with E-state index < -0.39 is 13.9 Å². The minimum Gasteiger partial charge on any atom is -0.457 e. The Morgan fingerprint density at radius 2 is 1.02 bits per heavy atom. The smallest absolute Gasteiger partial charge is 0.457 e. The van der Waals surface area contributed by atoms with Crippen LogP contribution in [-0.2, 0) is 32.6 Å². The van der Waals surface area contributed by atoms with E-state index in [9.17, 15) is 14.3 Å². The third kappa shape index (κ3) is 34.7. The summed E-state index contributed by atoms with van der Waals surface area (Å²) in [6.07, 6.45) is 37.2. The lowest BCUT2D eigenvalue weighted by Crippen LogP contribution is -2.37. The minimum absolute atomic E-state index is 0.0894. The van der Waals surface area contributed by atoms with E-state index in [1.54, 1.807) is 0 Å². The van der Waals surface area contributed by atoms with Gasteiger partial charge in [0.05, 0.1) is 46.6 Å². The van der Waals surface area contributed by atoms with E-state index in [1.807, 2.05) is 21.1 Å². The number of likely N-dealkylation sites (N-methyl/N-ethyl adjacent to an activating group) is 1. The van der Waals surface area contributed by atoms with E-state index in [4.69, 9.17) is 23.3 Å². The average Bonchev–Trinajstić information content (AvgIpc) is 3.88. The van der Waals surface area contributed by atoms with Crippen LogP contribution >= 0.6 is 7.82 Å². The van der Waals surface area contributed by atoms with Crippen molar-refractivity contribution >= 4 is 13.8 Å². The molecule has 10 heteroatoms. The second kappa shape index (κ2) is 34.5. The third-order valence-corrected chi connectivity index (χ3v) is 11.6. The van der Waals surface area contributed by atoms with Crippen LogP contribution in [0.5, 0.6) is 0 Å². The average molecular weight is 791 g/mol. The van der Waals surface area contributed by atoms with Crippen molar-refractivity contribution in [2.75, 3.05) is 54.1 Å². The Balaban J connectivity index is 2.18. The molecule has 0 amide bonds. The lowest BCUT2D eigenvalue weighted by atomic mass is 10.0. The summed E-state index contributed by atoms with van der Waals surface area (Å²) in [6, 6.07) is 0. The number of carbonyl (C=O) groups excluding carboxylic acids is 1. The van der Waals surface area contributed by atoms with Gasteiger partial charge in [0.15, 0.2) is 0 Å². The first-order chi connectivity index (χ1) is 26.1. The van der Waals surface area contributed by atoms with Crippen LogP contribution in [0, 0.1) is 0 Å². The maximum absolute atomic E-state index is 12.7. The summed E-state index contributed by atoms with van der Waals surface area (Å²) in [5, 5.41) is 0. The second-order valence-electron chi connectivity index (χ2n) is 17.2.